The Hall–Kier alpha value is 0. The summed E-state index contributed by atoms with van der Waals surface area (Å²) >= 11 is 0. The normalized spacial score (nSPS) is 14.1. The van der Waals surface area contributed by atoms with Gasteiger partial charge in [0.05, 0.1) is 0 Å². The maximum absolute atomic E-state index is 2.37. The maximum atomic E-state index is 2.37. The molecule has 0 amide bonds. The van der Waals surface area contributed by atoms with Crippen molar-refractivity contribution in [3.63, 3.8) is 0 Å². The Kier molecular flexibility index (Phi) is 5.76. The lowest BCUT2D eigenvalue weighted by Gasteiger charge is -2.10. The monoisotopic (exact) mass is 142 g/mol. The molecular weight excluding hydrogens is 120 g/mol. The molecule has 0 heteroatoms. The molecule has 0 aromatic heterocycles. The van der Waals surface area contributed by atoms with Gasteiger partial charge in [-0.15, -0.1) is 0 Å². The molecule has 0 aliphatic heterocycles. The minimum atomic E-state index is 0.888. The van der Waals surface area contributed by atoms with E-state index in [1.807, 2.05) is 0 Å². The zero-order chi connectivity index (χ0) is 7.98. The van der Waals surface area contributed by atoms with E-state index < -0.39 is 0 Å². The lowest BCUT2D eigenvalue weighted by atomic mass is 9.96. The molecule has 0 saturated heterocycles. The first-order chi connectivity index (χ1) is 4.66. The highest BCUT2D eigenvalue weighted by molar-refractivity contribution is 4.54. The second kappa shape index (κ2) is 5.76. The summed E-state index contributed by atoms with van der Waals surface area (Å²) in [5.74, 6) is 1.84. The van der Waals surface area contributed by atoms with Crippen molar-refractivity contribution in [2.75, 3.05) is 0 Å². The molecule has 0 saturated carbocycles. The van der Waals surface area contributed by atoms with Crippen LogP contribution in [0.5, 0.6) is 0 Å². The van der Waals surface area contributed by atoms with Crippen LogP contribution < -0.4 is 0 Å². The molecule has 0 nitrogen and oxygen atoms in total. The summed E-state index contributed by atoms with van der Waals surface area (Å²) in [6.07, 6.45) is 5.58. The summed E-state index contributed by atoms with van der Waals surface area (Å²) in [5.41, 5.74) is 0. The Morgan fingerprint density at radius 2 is 1.50 bits per heavy atom. The molecule has 0 aromatic rings. The fraction of sp³-hybridized carbons (Fsp3) is 1.00. The molecule has 0 aliphatic rings. The molecule has 0 aliphatic carbocycles. The van der Waals surface area contributed by atoms with E-state index in [0.717, 1.165) is 11.8 Å². The topological polar surface area (TPSA) is 0 Å². The van der Waals surface area contributed by atoms with Gasteiger partial charge in [-0.3, -0.25) is 0 Å². The predicted molar refractivity (Wildman–Crippen MR) is 48.1 cm³/mol. The van der Waals surface area contributed by atoms with E-state index in [4.69, 9.17) is 0 Å². The summed E-state index contributed by atoms with van der Waals surface area (Å²) in [6, 6.07) is 0. The lowest BCUT2D eigenvalue weighted by Crippen LogP contribution is -1.96. The van der Waals surface area contributed by atoms with Crippen LogP contribution in [0.25, 0.3) is 0 Å². The molecule has 10 heavy (non-hydrogen) atoms. The Bertz CT molecular complexity index is 64.4. The van der Waals surface area contributed by atoms with Gasteiger partial charge >= 0.3 is 0 Å². The van der Waals surface area contributed by atoms with Gasteiger partial charge in [-0.2, -0.15) is 0 Å². The average Bonchev–Trinajstić information content (AvgIpc) is 1.85. The van der Waals surface area contributed by atoms with Crippen molar-refractivity contribution in [2.45, 2.75) is 53.4 Å². The van der Waals surface area contributed by atoms with Crippen molar-refractivity contribution in [1.29, 1.82) is 0 Å². The first kappa shape index (κ1) is 10.0. The van der Waals surface area contributed by atoms with Gasteiger partial charge in [-0.05, 0) is 11.8 Å². The fourth-order valence-electron chi connectivity index (χ4n) is 1.25. The summed E-state index contributed by atoms with van der Waals surface area (Å²) in [6.45, 7) is 9.25. The smallest absolute Gasteiger partial charge is 0.0443 e. The zero-order valence-electron chi connectivity index (χ0n) is 7.98. The van der Waals surface area contributed by atoms with Crippen LogP contribution in [0.15, 0.2) is 0 Å². The number of hydrogen-bond acceptors (Lipinski definition) is 0. The molecule has 0 unspecified atom stereocenters. The van der Waals surface area contributed by atoms with Crippen molar-refractivity contribution >= 4 is 0 Å². The highest BCUT2D eigenvalue weighted by Crippen LogP contribution is 2.15. The quantitative estimate of drug-likeness (QED) is 0.547. The molecule has 62 valence electrons. The second-order valence-corrected chi connectivity index (χ2v) is 3.87. The Morgan fingerprint density at radius 1 is 0.900 bits per heavy atom. The predicted octanol–water partition coefficient (Wildman–Crippen LogP) is 3.86. The third-order valence-corrected chi connectivity index (χ3v) is 2.02. The van der Waals surface area contributed by atoms with E-state index in [9.17, 15) is 0 Å². The summed E-state index contributed by atoms with van der Waals surface area (Å²) in [7, 11) is 0. The zero-order valence-corrected chi connectivity index (χ0v) is 7.98. The number of hydrogen-bond donors (Lipinski definition) is 0. The second-order valence-electron chi connectivity index (χ2n) is 3.87. The highest BCUT2D eigenvalue weighted by Gasteiger charge is 2.01. The van der Waals surface area contributed by atoms with E-state index >= 15 is 0 Å². The largest absolute Gasteiger partial charge is 0.0654 e. The van der Waals surface area contributed by atoms with Crippen LogP contribution in [-0.2, 0) is 0 Å². The molecule has 1 atom stereocenters. The van der Waals surface area contributed by atoms with Gasteiger partial charge in [0, 0.05) is 0 Å². The van der Waals surface area contributed by atoms with E-state index in [1.165, 1.54) is 25.7 Å². The SMILES string of the molecule is CCC[C@@H](C)CCC(C)C. The molecule has 0 rings (SSSR count). The van der Waals surface area contributed by atoms with Gasteiger partial charge in [0.25, 0.3) is 0 Å². The standard InChI is InChI=1S/C10H22/c1-5-6-10(4)8-7-9(2)3/h9-10H,5-8H2,1-4H3/t10-/m1/s1. The van der Waals surface area contributed by atoms with E-state index in [2.05, 4.69) is 27.7 Å². The summed E-state index contributed by atoms with van der Waals surface area (Å²) in [5, 5.41) is 0. The molecule has 0 radical (unpaired) electrons. The van der Waals surface area contributed by atoms with Crippen LogP contribution in [-0.4, -0.2) is 0 Å². The average molecular weight is 142 g/mol. The third-order valence-electron chi connectivity index (χ3n) is 2.02. The Labute approximate surface area is 66.0 Å². The Balaban J connectivity index is 3.12. The van der Waals surface area contributed by atoms with Crippen LogP contribution in [0.3, 0.4) is 0 Å². The summed E-state index contributed by atoms with van der Waals surface area (Å²) < 4.78 is 0. The minimum Gasteiger partial charge on any atom is -0.0654 e. The van der Waals surface area contributed by atoms with Gasteiger partial charge in [0.15, 0.2) is 0 Å². The summed E-state index contributed by atoms with van der Waals surface area (Å²) in [4.78, 5) is 0. The maximum Gasteiger partial charge on any atom is -0.0443 e. The molecule has 0 N–H and O–H groups in total. The highest BCUT2D eigenvalue weighted by atomic mass is 14.1. The van der Waals surface area contributed by atoms with Crippen molar-refractivity contribution in [3.8, 4) is 0 Å². The van der Waals surface area contributed by atoms with Crippen molar-refractivity contribution < 1.29 is 0 Å². The van der Waals surface area contributed by atoms with E-state index in [1.54, 1.807) is 0 Å². The minimum absolute atomic E-state index is 0.888. The Morgan fingerprint density at radius 3 is 1.90 bits per heavy atom. The van der Waals surface area contributed by atoms with Crippen molar-refractivity contribution in [2.24, 2.45) is 11.8 Å². The van der Waals surface area contributed by atoms with Crippen LogP contribution in [0.2, 0.25) is 0 Å². The number of rotatable bonds is 5. The van der Waals surface area contributed by atoms with E-state index in [-0.39, 0.29) is 0 Å². The van der Waals surface area contributed by atoms with Gasteiger partial charge in [-0.25, -0.2) is 0 Å². The first-order valence-electron chi connectivity index (χ1n) is 4.66. The van der Waals surface area contributed by atoms with Gasteiger partial charge in [0.2, 0.25) is 0 Å². The van der Waals surface area contributed by atoms with Crippen molar-refractivity contribution in [1.82, 2.24) is 0 Å². The molecule has 0 spiro atoms. The van der Waals surface area contributed by atoms with Crippen LogP contribution >= 0.6 is 0 Å². The van der Waals surface area contributed by atoms with Crippen LogP contribution in [0.1, 0.15) is 53.4 Å². The van der Waals surface area contributed by atoms with Gasteiger partial charge in [-0.1, -0.05) is 53.4 Å². The molecule has 0 heterocycles. The fourth-order valence-corrected chi connectivity index (χ4v) is 1.25. The van der Waals surface area contributed by atoms with Crippen LogP contribution in [0, 0.1) is 11.8 Å². The van der Waals surface area contributed by atoms with Crippen molar-refractivity contribution in [3.05, 3.63) is 0 Å². The first-order valence-corrected chi connectivity index (χ1v) is 4.66. The molecule has 0 bridgehead atoms. The van der Waals surface area contributed by atoms with Gasteiger partial charge < -0.3 is 0 Å². The van der Waals surface area contributed by atoms with E-state index in [0.29, 0.717) is 0 Å². The lowest BCUT2D eigenvalue weighted by molar-refractivity contribution is 0.425. The molecular formula is C10H22. The van der Waals surface area contributed by atoms with Crippen LogP contribution in [0.4, 0.5) is 0 Å². The third kappa shape index (κ3) is 6.12. The molecule has 0 fully saturated rings. The van der Waals surface area contributed by atoms with Gasteiger partial charge in [0.1, 0.15) is 0 Å². The molecule has 0 aromatic carbocycles.